The third-order valence-corrected chi connectivity index (χ3v) is 3.78. The van der Waals surface area contributed by atoms with Gasteiger partial charge in [0.1, 0.15) is 12.1 Å². The maximum atomic E-state index is 12.5. The lowest BCUT2D eigenvalue weighted by Crippen LogP contribution is -2.52. The number of nitrogens with one attached hydrogen (secondary N) is 1. The molecule has 1 aromatic heterocycles. The summed E-state index contributed by atoms with van der Waals surface area (Å²) in [6.45, 7) is 8.86. The Bertz CT molecular complexity index is 474. The zero-order valence-electron chi connectivity index (χ0n) is 13.0. The van der Waals surface area contributed by atoms with E-state index in [2.05, 4.69) is 10.3 Å². The largest absolute Gasteiger partial charge is 0.383 e. The van der Waals surface area contributed by atoms with Crippen molar-refractivity contribution in [2.45, 2.75) is 52.8 Å². The van der Waals surface area contributed by atoms with Crippen LogP contribution in [0, 0.1) is 5.92 Å². The topological polar surface area (TPSA) is 82.5 Å². The van der Waals surface area contributed by atoms with Crippen molar-refractivity contribution >= 4 is 28.3 Å². The van der Waals surface area contributed by atoms with Crippen LogP contribution >= 0.6 is 11.3 Å². The molecule has 7 heteroatoms. The molecule has 2 unspecified atom stereocenters. The highest BCUT2D eigenvalue weighted by Crippen LogP contribution is 2.21. The van der Waals surface area contributed by atoms with Gasteiger partial charge in [0.05, 0.1) is 0 Å². The van der Waals surface area contributed by atoms with Gasteiger partial charge < -0.3 is 10.4 Å². The maximum Gasteiger partial charge on any atom is 0.251 e. The number of hydrogen-bond acceptors (Lipinski definition) is 5. The number of thiazole rings is 1. The molecular formula is C14H23N3O3S. The Labute approximate surface area is 129 Å². The van der Waals surface area contributed by atoms with Crippen LogP contribution in [0.2, 0.25) is 0 Å². The summed E-state index contributed by atoms with van der Waals surface area (Å²) >= 11 is 1.37. The molecule has 6 nitrogen and oxygen atoms in total. The third-order valence-electron chi connectivity index (χ3n) is 3.01. The van der Waals surface area contributed by atoms with Gasteiger partial charge in [-0.2, -0.15) is 0 Å². The lowest BCUT2D eigenvalue weighted by molar-refractivity contribution is -0.134. The summed E-state index contributed by atoms with van der Waals surface area (Å²) in [6, 6.07) is -0.796. The zero-order valence-corrected chi connectivity index (χ0v) is 13.8. The van der Waals surface area contributed by atoms with Crippen molar-refractivity contribution in [1.29, 1.82) is 0 Å². The Morgan fingerprint density at radius 2 is 1.90 bits per heavy atom. The Morgan fingerprint density at radius 3 is 2.33 bits per heavy atom. The molecule has 1 aromatic rings. The molecule has 0 fully saturated rings. The van der Waals surface area contributed by atoms with Gasteiger partial charge in [0, 0.05) is 17.6 Å². The van der Waals surface area contributed by atoms with E-state index >= 15 is 0 Å². The van der Waals surface area contributed by atoms with Crippen molar-refractivity contribution in [3.63, 3.8) is 0 Å². The van der Waals surface area contributed by atoms with Crippen LogP contribution in [0.3, 0.4) is 0 Å². The van der Waals surface area contributed by atoms with Crippen molar-refractivity contribution < 1.29 is 14.7 Å². The van der Waals surface area contributed by atoms with E-state index < -0.39 is 18.1 Å². The van der Waals surface area contributed by atoms with E-state index in [4.69, 9.17) is 0 Å². The number of carbonyl (C=O) groups excluding carboxylic acids is 2. The molecule has 2 atom stereocenters. The molecule has 21 heavy (non-hydrogen) atoms. The molecule has 0 bridgehead atoms. The minimum Gasteiger partial charge on any atom is -0.383 e. The average Bonchev–Trinajstić information content (AvgIpc) is 2.90. The molecule has 118 valence electrons. The van der Waals surface area contributed by atoms with Gasteiger partial charge in [0.15, 0.2) is 5.13 Å². The van der Waals surface area contributed by atoms with Crippen LogP contribution in [-0.2, 0) is 9.59 Å². The van der Waals surface area contributed by atoms with Gasteiger partial charge in [-0.25, -0.2) is 4.98 Å². The summed E-state index contributed by atoms with van der Waals surface area (Å²) < 4.78 is 0. The molecule has 0 aliphatic rings. The van der Waals surface area contributed by atoms with Crippen LogP contribution in [-0.4, -0.2) is 40.1 Å². The molecule has 2 amide bonds. The van der Waals surface area contributed by atoms with Gasteiger partial charge in [-0.1, -0.05) is 13.8 Å². The third kappa shape index (κ3) is 4.50. The first-order valence-corrected chi connectivity index (χ1v) is 7.84. The average molecular weight is 313 g/mol. The highest BCUT2D eigenvalue weighted by Gasteiger charge is 2.29. The quantitative estimate of drug-likeness (QED) is 0.832. The summed E-state index contributed by atoms with van der Waals surface area (Å²) in [5.74, 6) is -0.981. The number of anilines is 1. The maximum absolute atomic E-state index is 12.5. The lowest BCUT2D eigenvalue weighted by atomic mass is 10.1. The molecule has 0 spiro atoms. The first-order chi connectivity index (χ1) is 9.75. The fourth-order valence-corrected chi connectivity index (χ4v) is 2.56. The van der Waals surface area contributed by atoms with E-state index in [1.807, 2.05) is 13.8 Å². The molecule has 1 rings (SSSR count). The van der Waals surface area contributed by atoms with Crippen LogP contribution in [0.15, 0.2) is 11.6 Å². The number of hydrogen-bond donors (Lipinski definition) is 2. The van der Waals surface area contributed by atoms with Gasteiger partial charge in [-0.3, -0.25) is 14.5 Å². The van der Waals surface area contributed by atoms with Gasteiger partial charge >= 0.3 is 0 Å². The van der Waals surface area contributed by atoms with Crippen LogP contribution < -0.4 is 10.2 Å². The van der Waals surface area contributed by atoms with Gasteiger partial charge in [-0.15, -0.1) is 11.3 Å². The minimum atomic E-state index is -1.12. The Morgan fingerprint density at radius 1 is 1.29 bits per heavy atom. The van der Waals surface area contributed by atoms with Crippen molar-refractivity contribution in [2.75, 3.05) is 4.90 Å². The molecule has 2 N–H and O–H groups in total. The van der Waals surface area contributed by atoms with E-state index in [0.717, 1.165) is 0 Å². The van der Waals surface area contributed by atoms with E-state index in [1.165, 1.54) is 11.3 Å². The Hall–Kier alpha value is -1.47. The summed E-state index contributed by atoms with van der Waals surface area (Å²) in [6.07, 6.45) is 0.515. The molecule has 0 saturated carbocycles. The zero-order chi connectivity index (χ0) is 16.2. The van der Waals surface area contributed by atoms with Gasteiger partial charge in [0.2, 0.25) is 5.91 Å². The van der Waals surface area contributed by atoms with E-state index in [-0.39, 0.29) is 17.9 Å². The second-order valence-electron chi connectivity index (χ2n) is 5.54. The van der Waals surface area contributed by atoms with Crippen LogP contribution in [0.25, 0.3) is 0 Å². The molecule has 0 aromatic carbocycles. The number of aliphatic hydroxyl groups excluding tert-OH is 1. The molecule has 0 aliphatic carbocycles. The van der Waals surface area contributed by atoms with Crippen molar-refractivity contribution in [2.24, 2.45) is 5.92 Å². The first kappa shape index (κ1) is 17.6. The highest BCUT2D eigenvalue weighted by atomic mass is 32.1. The SMILES string of the molecule is CC(NC(=O)C(O)C(C)C)C(=O)N(c1nccs1)C(C)C. The lowest BCUT2D eigenvalue weighted by Gasteiger charge is -2.28. The minimum absolute atomic E-state index is 0.0713. The number of amides is 2. The number of rotatable bonds is 6. The second kappa shape index (κ2) is 7.51. The van der Waals surface area contributed by atoms with Gasteiger partial charge in [0.25, 0.3) is 5.91 Å². The van der Waals surface area contributed by atoms with E-state index in [1.54, 1.807) is 37.2 Å². The smallest absolute Gasteiger partial charge is 0.251 e. The number of carbonyl (C=O) groups is 2. The highest BCUT2D eigenvalue weighted by molar-refractivity contribution is 7.13. The number of nitrogens with zero attached hydrogens (tertiary/aromatic N) is 2. The van der Waals surface area contributed by atoms with Crippen LogP contribution in [0.5, 0.6) is 0 Å². The van der Waals surface area contributed by atoms with Crippen LogP contribution in [0.4, 0.5) is 5.13 Å². The van der Waals surface area contributed by atoms with E-state index in [9.17, 15) is 14.7 Å². The molecule has 0 aliphatic heterocycles. The summed E-state index contributed by atoms with van der Waals surface area (Å²) in [7, 11) is 0. The second-order valence-corrected chi connectivity index (χ2v) is 6.41. The van der Waals surface area contributed by atoms with Crippen molar-refractivity contribution in [3.8, 4) is 0 Å². The summed E-state index contributed by atoms with van der Waals surface area (Å²) in [4.78, 5) is 30.0. The van der Waals surface area contributed by atoms with Gasteiger partial charge in [-0.05, 0) is 26.7 Å². The number of aromatic nitrogens is 1. The molecule has 1 heterocycles. The van der Waals surface area contributed by atoms with Crippen molar-refractivity contribution in [3.05, 3.63) is 11.6 Å². The Kier molecular flexibility index (Phi) is 6.29. The van der Waals surface area contributed by atoms with E-state index in [0.29, 0.717) is 5.13 Å². The predicted octanol–water partition coefficient (Wildman–Crippen LogP) is 1.41. The molecular weight excluding hydrogens is 290 g/mol. The van der Waals surface area contributed by atoms with Crippen LogP contribution in [0.1, 0.15) is 34.6 Å². The fourth-order valence-electron chi connectivity index (χ4n) is 1.78. The molecule has 0 radical (unpaired) electrons. The standard InChI is InChI=1S/C14H23N3O3S/c1-8(2)11(18)12(19)16-10(5)13(20)17(9(3)4)14-15-6-7-21-14/h6-11,18H,1-5H3,(H,16,19). The summed E-state index contributed by atoms with van der Waals surface area (Å²) in [5, 5.41) is 14.7. The molecule has 0 saturated heterocycles. The fraction of sp³-hybridized carbons (Fsp3) is 0.643. The number of aliphatic hydroxyl groups is 1. The monoisotopic (exact) mass is 313 g/mol. The summed E-state index contributed by atoms with van der Waals surface area (Å²) in [5.41, 5.74) is 0. The first-order valence-electron chi connectivity index (χ1n) is 6.96. The predicted molar refractivity (Wildman–Crippen MR) is 83.2 cm³/mol. The normalized spacial score (nSPS) is 14.1. The van der Waals surface area contributed by atoms with Crippen molar-refractivity contribution in [1.82, 2.24) is 10.3 Å². The Balaban J connectivity index is 2.78.